The third-order valence-corrected chi connectivity index (χ3v) is 9.39. The summed E-state index contributed by atoms with van der Waals surface area (Å²) >= 11 is -1.21. The molecule has 2 heterocycles. The number of aromatic nitrogens is 1. The van der Waals surface area contributed by atoms with E-state index in [0.717, 1.165) is 22.2 Å². The quantitative estimate of drug-likeness (QED) is 0.213. The number of carbonyl (C=O) groups is 3. The number of nitrogens with zero attached hydrogens (tertiary/aromatic N) is 2. The Bertz CT molecular complexity index is 1380. The van der Waals surface area contributed by atoms with Crippen molar-refractivity contribution in [3.05, 3.63) is 47.7 Å². The lowest BCUT2D eigenvalue weighted by atomic mass is 10.0. The first-order valence-corrected chi connectivity index (χ1v) is 17.1. The number of ether oxygens (including phenoxy) is 2. The van der Waals surface area contributed by atoms with Crippen LogP contribution in [0.3, 0.4) is 0 Å². The molecule has 1 fully saturated rings. The number of carbonyl (C=O) groups excluding carboxylic acids is 3. The number of esters is 1. The van der Waals surface area contributed by atoms with Crippen molar-refractivity contribution in [2.75, 3.05) is 20.3 Å². The van der Waals surface area contributed by atoms with E-state index in [1.54, 1.807) is 6.92 Å². The van der Waals surface area contributed by atoms with Crippen molar-refractivity contribution >= 4 is 46.1 Å². The van der Waals surface area contributed by atoms with Crippen LogP contribution in [-0.2, 0) is 35.2 Å². The maximum absolute atomic E-state index is 13.2. The predicted molar refractivity (Wildman–Crippen MR) is 181 cm³/mol. The molecular formula is C34H51N5O6S. The molecule has 2 amide bonds. The van der Waals surface area contributed by atoms with E-state index in [9.17, 15) is 18.9 Å². The van der Waals surface area contributed by atoms with Crippen LogP contribution in [0, 0.1) is 11.8 Å². The summed E-state index contributed by atoms with van der Waals surface area (Å²) in [6, 6.07) is 8.47. The van der Waals surface area contributed by atoms with Crippen molar-refractivity contribution in [2.45, 2.75) is 97.2 Å². The van der Waals surface area contributed by atoms with Crippen LogP contribution in [-0.4, -0.2) is 75.5 Å². The summed E-state index contributed by atoms with van der Waals surface area (Å²) in [4.78, 5) is 42.9. The lowest BCUT2D eigenvalue weighted by molar-refractivity contribution is -0.151. The van der Waals surface area contributed by atoms with Gasteiger partial charge in [0.2, 0.25) is 5.91 Å². The molecule has 1 saturated heterocycles. The number of amides is 2. The molecule has 6 atom stereocenters. The Morgan fingerprint density at radius 2 is 1.85 bits per heavy atom. The van der Waals surface area contributed by atoms with Crippen LogP contribution in [0.25, 0.3) is 17.0 Å². The second-order valence-electron chi connectivity index (χ2n) is 13.3. The van der Waals surface area contributed by atoms with Crippen LogP contribution < -0.4 is 15.5 Å². The van der Waals surface area contributed by atoms with Gasteiger partial charge in [-0.3, -0.25) is 24.4 Å². The summed E-state index contributed by atoms with van der Waals surface area (Å²) in [6.07, 6.45) is 4.52. The Morgan fingerprint density at radius 1 is 1.15 bits per heavy atom. The second kappa shape index (κ2) is 16.7. The molecule has 1 aromatic heterocycles. The van der Waals surface area contributed by atoms with Crippen LogP contribution in [0.5, 0.6) is 0 Å². The van der Waals surface area contributed by atoms with Crippen LogP contribution in [0.2, 0.25) is 0 Å². The molecule has 0 spiro atoms. The fourth-order valence-electron chi connectivity index (χ4n) is 4.90. The van der Waals surface area contributed by atoms with Crippen molar-refractivity contribution in [3.8, 4) is 0 Å². The monoisotopic (exact) mass is 657 g/mol. The van der Waals surface area contributed by atoms with Crippen LogP contribution >= 0.6 is 0 Å². The Kier molecular flexibility index (Phi) is 13.6. The van der Waals surface area contributed by atoms with E-state index in [1.807, 2.05) is 91.0 Å². The first-order chi connectivity index (χ1) is 21.6. The molecule has 0 radical (unpaired) electrons. The summed E-state index contributed by atoms with van der Waals surface area (Å²) in [5.74, 6) is -1.23. The van der Waals surface area contributed by atoms with Crippen LogP contribution in [0.1, 0.15) is 85.5 Å². The van der Waals surface area contributed by atoms with Gasteiger partial charge in [-0.05, 0) is 77.0 Å². The Labute approximate surface area is 276 Å². The molecular weight excluding hydrogens is 606 g/mol. The van der Waals surface area contributed by atoms with Gasteiger partial charge in [-0.15, -0.1) is 4.72 Å². The maximum Gasteiger partial charge on any atom is 0.324 e. The third-order valence-electron chi connectivity index (χ3n) is 7.71. The van der Waals surface area contributed by atoms with E-state index >= 15 is 0 Å². The van der Waals surface area contributed by atoms with E-state index in [2.05, 4.69) is 15.5 Å². The Hall–Kier alpha value is -3.03. The molecule has 5 unspecified atom stereocenters. The van der Waals surface area contributed by atoms with Gasteiger partial charge < -0.3 is 19.3 Å². The van der Waals surface area contributed by atoms with E-state index in [1.165, 1.54) is 12.1 Å². The maximum atomic E-state index is 13.2. The lowest BCUT2D eigenvalue weighted by Gasteiger charge is -2.34. The number of hydrogen-bond donors (Lipinski definition) is 3. The molecule has 0 aliphatic carbocycles. The number of hydrazine groups is 1. The number of hydrogen-bond acceptors (Lipinski definition) is 9. The molecule has 0 bridgehead atoms. The van der Waals surface area contributed by atoms with Gasteiger partial charge in [0.25, 0.3) is 5.91 Å². The highest BCUT2D eigenvalue weighted by Gasteiger charge is 2.33. The summed E-state index contributed by atoms with van der Waals surface area (Å²) < 4.78 is 26.2. The molecule has 254 valence electrons. The number of methoxy groups -OCH3 is 1. The zero-order valence-corrected chi connectivity index (χ0v) is 29.4. The highest BCUT2D eigenvalue weighted by molar-refractivity contribution is 7.90. The molecule has 0 saturated carbocycles. The van der Waals surface area contributed by atoms with Gasteiger partial charge in [0.05, 0.1) is 31.0 Å². The number of benzene rings is 1. The molecule has 3 rings (SSSR count). The van der Waals surface area contributed by atoms with Crippen LogP contribution in [0.15, 0.2) is 36.4 Å². The average Bonchev–Trinajstić information content (AvgIpc) is 3.01. The largest absolute Gasteiger partial charge is 0.598 e. The van der Waals surface area contributed by atoms with Gasteiger partial charge >= 0.3 is 5.97 Å². The standard InChI is InChI=1S/C34H51N5O6S/c1-21(2)30(31(40)35-24(5)32(41)39-18-10-11-28(37-39)33(42)44-9)45-20-22(3)12-13-25-14-15-26-16-17-27(36-29(26)19-25)23(4)38-46(43)34(6,7)8/h12-17,19,21-24,28,30,37-38H,10-11,18,20H2,1-9H3,(H,35,40)/b13-12+/t22?,23-,24?,28?,30?,46?/m1/s1. The van der Waals surface area contributed by atoms with Crippen LogP contribution in [0.4, 0.5) is 0 Å². The first-order valence-electron chi connectivity index (χ1n) is 15.9. The predicted octanol–water partition coefficient (Wildman–Crippen LogP) is 4.21. The first kappa shape index (κ1) is 37.4. The van der Waals surface area contributed by atoms with E-state index in [0.29, 0.717) is 26.0 Å². The highest BCUT2D eigenvalue weighted by Crippen LogP contribution is 2.22. The molecule has 1 aromatic carbocycles. The highest BCUT2D eigenvalue weighted by atomic mass is 32.2. The zero-order chi connectivity index (χ0) is 34.2. The summed E-state index contributed by atoms with van der Waals surface area (Å²) in [7, 11) is 1.31. The van der Waals surface area contributed by atoms with Gasteiger partial charge in [0, 0.05) is 23.3 Å². The number of fused-ring (bicyclic) bond motifs is 1. The molecule has 2 aromatic rings. The second-order valence-corrected chi connectivity index (χ2v) is 15.3. The fraction of sp³-hybridized carbons (Fsp3) is 0.588. The Morgan fingerprint density at radius 3 is 2.50 bits per heavy atom. The third kappa shape index (κ3) is 10.5. The minimum absolute atomic E-state index is 0.00694. The normalized spacial score (nSPS) is 19.1. The topological polar surface area (TPSA) is 145 Å². The average molecular weight is 658 g/mol. The lowest BCUT2D eigenvalue weighted by Crippen LogP contribution is -2.60. The van der Waals surface area contributed by atoms with Crippen molar-refractivity contribution in [2.24, 2.45) is 11.8 Å². The van der Waals surface area contributed by atoms with Crippen molar-refractivity contribution in [1.29, 1.82) is 0 Å². The van der Waals surface area contributed by atoms with E-state index < -0.39 is 35.5 Å². The molecule has 11 nitrogen and oxygen atoms in total. The molecule has 12 heteroatoms. The van der Waals surface area contributed by atoms with E-state index in [4.69, 9.17) is 14.5 Å². The van der Waals surface area contributed by atoms with Crippen molar-refractivity contribution in [3.63, 3.8) is 0 Å². The number of rotatable bonds is 13. The SMILES string of the molecule is COC(=O)C1CCCN(C(=O)C(C)NC(=O)C(OCC(C)/C=C/c2ccc3ccc([C@@H](C)N[S+]([O-])C(C)(C)C)nc3c2)C(C)C)N1. The molecule has 46 heavy (non-hydrogen) atoms. The molecule has 1 aliphatic rings. The number of pyridine rings is 1. The smallest absolute Gasteiger partial charge is 0.324 e. The number of nitrogens with one attached hydrogen (secondary N) is 3. The minimum atomic E-state index is -1.21. The van der Waals surface area contributed by atoms with E-state index in [-0.39, 0.29) is 34.4 Å². The fourth-order valence-corrected chi connectivity index (χ4v) is 5.69. The van der Waals surface area contributed by atoms with Gasteiger partial charge in [0.1, 0.15) is 22.9 Å². The van der Waals surface area contributed by atoms with Gasteiger partial charge in [-0.2, -0.15) is 0 Å². The zero-order valence-electron chi connectivity index (χ0n) is 28.6. The Balaban J connectivity index is 1.57. The summed E-state index contributed by atoms with van der Waals surface area (Å²) in [5, 5.41) is 5.18. The summed E-state index contributed by atoms with van der Waals surface area (Å²) in [6.45, 7) is 15.9. The van der Waals surface area contributed by atoms with Crippen molar-refractivity contribution in [1.82, 2.24) is 25.5 Å². The van der Waals surface area contributed by atoms with Gasteiger partial charge in [-0.1, -0.05) is 51.1 Å². The van der Waals surface area contributed by atoms with Crippen molar-refractivity contribution < 1.29 is 28.4 Å². The van der Waals surface area contributed by atoms with Gasteiger partial charge in [-0.25, -0.2) is 5.43 Å². The molecule has 1 aliphatic heterocycles. The summed E-state index contributed by atoms with van der Waals surface area (Å²) in [5.41, 5.74) is 5.55. The minimum Gasteiger partial charge on any atom is -0.598 e. The molecule has 3 N–H and O–H groups in total. The van der Waals surface area contributed by atoms with Gasteiger partial charge in [0.15, 0.2) is 0 Å².